The number of barbiturate groups is 1. The summed E-state index contributed by atoms with van der Waals surface area (Å²) in [6, 6.07) is 18.6. The summed E-state index contributed by atoms with van der Waals surface area (Å²) in [7, 11) is 1.53. The topological polar surface area (TPSA) is 84.9 Å². The van der Waals surface area contributed by atoms with Gasteiger partial charge in [-0.3, -0.25) is 14.9 Å². The van der Waals surface area contributed by atoms with E-state index in [0.29, 0.717) is 33.8 Å². The second-order valence-corrected chi connectivity index (χ2v) is 13.9. The fourth-order valence-corrected chi connectivity index (χ4v) is 8.69. The number of hydrogen-bond acceptors (Lipinski definition) is 5. The van der Waals surface area contributed by atoms with Gasteiger partial charge in [-0.05, 0) is 116 Å². The van der Waals surface area contributed by atoms with Crippen molar-refractivity contribution in [3.05, 3.63) is 93.0 Å². The number of nitrogens with zero attached hydrogens (tertiary/aromatic N) is 1. The van der Waals surface area contributed by atoms with Gasteiger partial charge in [0.15, 0.2) is 11.5 Å². The number of carbonyl (C=O) groups is 3. The van der Waals surface area contributed by atoms with Crippen molar-refractivity contribution in [3.8, 4) is 11.5 Å². The number of imide groups is 2. The maximum Gasteiger partial charge on any atom is 0.335 e. The van der Waals surface area contributed by atoms with Crippen molar-refractivity contribution in [1.29, 1.82) is 0 Å². The zero-order chi connectivity index (χ0) is 30.6. The first kappa shape index (κ1) is 28.8. The zero-order valence-corrected chi connectivity index (χ0v) is 26.5. The van der Waals surface area contributed by atoms with Crippen molar-refractivity contribution >= 4 is 45.5 Å². The van der Waals surface area contributed by atoms with E-state index in [1.54, 1.807) is 12.1 Å². The van der Waals surface area contributed by atoms with Crippen LogP contribution in [0.15, 0.2) is 70.7 Å². The van der Waals surface area contributed by atoms with Crippen molar-refractivity contribution in [2.24, 2.45) is 17.8 Å². The summed E-state index contributed by atoms with van der Waals surface area (Å²) < 4.78 is 12.2. The fourth-order valence-electron chi connectivity index (χ4n) is 8.25. The van der Waals surface area contributed by atoms with E-state index in [2.05, 4.69) is 33.4 Å². The number of ether oxygens (including phenoxy) is 2. The molecule has 1 saturated heterocycles. The monoisotopic (exact) mass is 654 g/mol. The number of aryl methyl sites for hydroxylation is 1. The normalized spacial score (nSPS) is 26.7. The van der Waals surface area contributed by atoms with Crippen LogP contribution in [0.2, 0.25) is 0 Å². The van der Waals surface area contributed by atoms with Crippen LogP contribution in [0, 0.1) is 24.7 Å². The van der Waals surface area contributed by atoms with Crippen LogP contribution in [0.25, 0.3) is 6.08 Å². The summed E-state index contributed by atoms with van der Waals surface area (Å²) in [5, 5.41) is 2.34. The molecule has 8 rings (SSSR count). The van der Waals surface area contributed by atoms with E-state index in [4.69, 9.17) is 9.47 Å². The molecule has 5 fully saturated rings. The molecule has 4 saturated carbocycles. The lowest BCUT2D eigenvalue weighted by molar-refractivity contribution is -0.122. The van der Waals surface area contributed by atoms with Crippen molar-refractivity contribution in [3.63, 3.8) is 0 Å². The van der Waals surface area contributed by atoms with Crippen LogP contribution in [0.1, 0.15) is 60.8 Å². The lowest BCUT2D eigenvalue weighted by Crippen LogP contribution is -2.54. The van der Waals surface area contributed by atoms with Crippen LogP contribution < -0.4 is 19.7 Å². The largest absolute Gasteiger partial charge is 0.493 e. The Bertz CT molecular complexity index is 1640. The van der Waals surface area contributed by atoms with E-state index in [1.165, 1.54) is 62.8 Å². The second-order valence-electron chi connectivity index (χ2n) is 13.0. The molecule has 1 N–H and O–H groups in total. The Kier molecular flexibility index (Phi) is 7.35. The highest BCUT2D eigenvalue weighted by Gasteiger charge is 2.51. The highest BCUT2D eigenvalue weighted by molar-refractivity contribution is 9.10. The molecule has 4 bridgehead atoms. The first-order valence-corrected chi connectivity index (χ1v) is 16.1. The van der Waals surface area contributed by atoms with Crippen molar-refractivity contribution < 1.29 is 23.9 Å². The fraction of sp³-hybridized carbons (Fsp3) is 0.361. The Balaban J connectivity index is 1.13. The molecule has 0 spiro atoms. The summed E-state index contributed by atoms with van der Waals surface area (Å²) >= 11 is 3.55. The minimum atomic E-state index is -0.754. The molecule has 7 nitrogen and oxygen atoms in total. The molecule has 4 aliphatic carbocycles. The molecule has 4 amide bonds. The van der Waals surface area contributed by atoms with Crippen LogP contribution in [0.5, 0.6) is 11.5 Å². The highest BCUT2D eigenvalue weighted by Crippen LogP contribution is 2.60. The van der Waals surface area contributed by atoms with Gasteiger partial charge < -0.3 is 9.47 Å². The van der Waals surface area contributed by atoms with Crippen molar-refractivity contribution in [2.45, 2.75) is 57.5 Å². The maximum absolute atomic E-state index is 13.7. The Hall–Kier alpha value is -3.91. The molecule has 0 atom stereocenters. The van der Waals surface area contributed by atoms with Gasteiger partial charge in [-0.15, -0.1) is 0 Å². The Labute approximate surface area is 265 Å². The van der Waals surface area contributed by atoms with E-state index in [0.717, 1.165) is 28.2 Å². The average molecular weight is 656 g/mol. The second kappa shape index (κ2) is 11.2. The third-order valence-corrected chi connectivity index (χ3v) is 10.7. The van der Waals surface area contributed by atoms with Gasteiger partial charge in [-0.25, -0.2) is 9.69 Å². The van der Waals surface area contributed by atoms with Crippen LogP contribution in [0.4, 0.5) is 10.5 Å². The highest BCUT2D eigenvalue weighted by atomic mass is 79.9. The third-order valence-electron chi connectivity index (χ3n) is 9.98. The zero-order valence-electron chi connectivity index (χ0n) is 24.9. The quantitative estimate of drug-likeness (QED) is 0.211. The molecular formula is C36H35BrN2O5. The first-order chi connectivity index (χ1) is 21.2. The van der Waals surface area contributed by atoms with Crippen LogP contribution in [-0.2, 0) is 21.6 Å². The number of rotatable bonds is 7. The average Bonchev–Trinajstić information content (AvgIpc) is 2.99. The van der Waals surface area contributed by atoms with Crippen LogP contribution >= 0.6 is 15.9 Å². The molecule has 0 aromatic heterocycles. The number of amides is 4. The molecule has 3 aromatic rings. The predicted molar refractivity (Wildman–Crippen MR) is 171 cm³/mol. The van der Waals surface area contributed by atoms with E-state index in [9.17, 15) is 14.4 Å². The summed E-state index contributed by atoms with van der Waals surface area (Å²) in [4.78, 5) is 40.6. The maximum atomic E-state index is 13.7. The smallest absolute Gasteiger partial charge is 0.335 e. The SMILES string of the molecule is COc1cc(/C=C2\C(=O)NC(=O)N(c3ccc(C45CC6CC(CC(C6)C4)C5)cc3)C2=O)c(Br)cc1OCc1ccc(C)cc1. The van der Waals surface area contributed by atoms with Gasteiger partial charge in [0.05, 0.1) is 12.8 Å². The number of benzene rings is 3. The number of urea groups is 1. The first-order valence-electron chi connectivity index (χ1n) is 15.3. The minimum absolute atomic E-state index is 0.147. The Morgan fingerprint density at radius 3 is 2.16 bits per heavy atom. The number of hydrogen-bond donors (Lipinski definition) is 1. The van der Waals surface area contributed by atoms with Gasteiger partial charge in [-0.2, -0.15) is 0 Å². The minimum Gasteiger partial charge on any atom is -0.493 e. The molecule has 1 heterocycles. The molecule has 226 valence electrons. The van der Waals surface area contributed by atoms with Gasteiger partial charge in [0.2, 0.25) is 0 Å². The van der Waals surface area contributed by atoms with Gasteiger partial charge in [-0.1, -0.05) is 57.9 Å². The summed E-state index contributed by atoms with van der Waals surface area (Å²) in [6.45, 7) is 2.38. The molecule has 1 aliphatic heterocycles. The molecular weight excluding hydrogens is 620 g/mol. The molecule has 44 heavy (non-hydrogen) atoms. The lowest BCUT2D eigenvalue weighted by Gasteiger charge is -2.57. The Morgan fingerprint density at radius 2 is 1.55 bits per heavy atom. The van der Waals surface area contributed by atoms with Gasteiger partial charge in [0, 0.05) is 4.47 Å². The van der Waals surface area contributed by atoms with Gasteiger partial charge in [0.25, 0.3) is 11.8 Å². The Morgan fingerprint density at radius 1 is 0.909 bits per heavy atom. The number of nitrogens with one attached hydrogen (secondary N) is 1. The summed E-state index contributed by atoms with van der Waals surface area (Å²) in [5.74, 6) is 2.00. The van der Waals surface area contributed by atoms with E-state index >= 15 is 0 Å². The van der Waals surface area contributed by atoms with E-state index < -0.39 is 17.8 Å². The number of methoxy groups -OCH3 is 1. The van der Waals surface area contributed by atoms with Crippen molar-refractivity contribution in [1.82, 2.24) is 5.32 Å². The standard InChI is InChI=1S/C36H35BrN2O5/c1-21-3-5-22(6-4-21)20-44-32-16-30(37)26(15-31(32)43-2)14-29-33(40)38-35(42)39(34(29)41)28-9-7-27(8-10-28)36-17-23-11-24(18-36)13-25(12-23)19-36/h3-10,14-16,23-25H,11-13,17-20H2,1-2H3,(H,38,40,42)/b29-14+. The number of carbonyl (C=O) groups excluding carboxylic acids is 3. The van der Waals surface area contributed by atoms with E-state index in [-0.39, 0.29) is 11.0 Å². The molecule has 0 radical (unpaired) electrons. The van der Waals surface area contributed by atoms with Crippen molar-refractivity contribution in [2.75, 3.05) is 12.0 Å². The van der Waals surface area contributed by atoms with Gasteiger partial charge in [0.1, 0.15) is 12.2 Å². The van der Waals surface area contributed by atoms with Gasteiger partial charge >= 0.3 is 6.03 Å². The molecule has 5 aliphatic rings. The van der Waals surface area contributed by atoms with Crippen LogP contribution in [-0.4, -0.2) is 25.0 Å². The number of anilines is 1. The number of halogens is 1. The summed E-state index contributed by atoms with van der Waals surface area (Å²) in [6.07, 6.45) is 9.28. The van der Waals surface area contributed by atoms with E-state index in [1.807, 2.05) is 43.3 Å². The molecule has 3 aromatic carbocycles. The van der Waals surface area contributed by atoms with Crippen LogP contribution in [0.3, 0.4) is 0 Å². The third kappa shape index (κ3) is 5.23. The molecule has 0 unspecified atom stereocenters. The molecule has 8 heteroatoms. The summed E-state index contributed by atoms with van der Waals surface area (Å²) in [5.41, 5.74) is 4.53. The lowest BCUT2D eigenvalue weighted by atomic mass is 9.48. The predicted octanol–water partition coefficient (Wildman–Crippen LogP) is 7.48.